The van der Waals surface area contributed by atoms with Gasteiger partial charge in [-0.3, -0.25) is 9.59 Å². The molecule has 9 heteroatoms. The quantitative estimate of drug-likeness (QED) is 0.701. The summed E-state index contributed by atoms with van der Waals surface area (Å²) in [5.41, 5.74) is 7.55. The van der Waals surface area contributed by atoms with E-state index in [-0.39, 0.29) is 5.69 Å². The van der Waals surface area contributed by atoms with Crippen molar-refractivity contribution in [1.82, 2.24) is 20.1 Å². The van der Waals surface area contributed by atoms with Crippen molar-refractivity contribution >= 4 is 29.8 Å². The van der Waals surface area contributed by atoms with Crippen molar-refractivity contribution in [2.45, 2.75) is 38.0 Å². The second kappa shape index (κ2) is 9.06. The number of nitrogens with one attached hydrogen (secondary N) is 1. The summed E-state index contributed by atoms with van der Waals surface area (Å²) in [5, 5.41) is 11.3. The summed E-state index contributed by atoms with van der Waals surface area (Å²) in [5.74, 6) is 0.620. The summed E-state index contributed by atoms with van der Waals surface area (Å²) >= 11 is 0. The molecule has 4 rings (SSSR count). The van der Waals surface area contributed by atoms with E-state index in [1.807, 2.05) is 17.0 Å². The van der Waals surface area contributed by atoms with Gasteiger partial charge in [0.15, 0.2) is 11.5 Å². The summed E-state index contributed by atoms with van der Waals surface area (Å²) in [4.78, 5) is 31.1. The Labute approximate surface area is 175 Å². The first kappa shape index (κ1) is 20.1. The van der Waals surface area contributed by atoms with Crippen LogP contribution in [0.15, 0.2) is 24.3 Å². The van der Waals surface area contributed by atoms with Crippen LogP contribution in [0.2, 0.25) is 0 Å². The molecule has 1 aromatic carbocycles. The van der Waals surface area contributed by atoms with E-state index in [1.54, 1.807) is 0 Å². The molecule has 158 valence electrons. The van der Waals surface area contributed by atoms with Crippen molar-refractivity contribution in [3.63, 3.8) is 0 Å². The lowest BCUT2D eigenvalue weighted by Gasteiger charge is -2.29. The molecule has 0 atom stereocenters. The van der Waals surface area contributed by atoms with E-state index in [4.69, 9.17) is 5.73 Å². The van der Waals surface area contributed by atoms with Crippen molar-refractivity contribution in [3.8, 4) is 0 Å². The number of likely N-dealkylation sites (tertiary alicyclic amines) is 1. The van der Waals surface area contributed by atoms with Crippen LogP contribution in [0.25, 0.3) is 0 Å². The number of amides is 2. The Morgan fingerprint density at radius 3 is 2.37 bits per heavy atom. The van der Waals surface area contributed by atoms with Gasteiger partial charge in [-0.1, -0.05) is 12.1 Å². The summed E-state index contributed by atoms with van der Waals surface area (Å²) < 4.78 is 0. The largest absolute Gasteiger partial charge is 0.364 e. The molecule has 3 heterocycles. The Kier molecular flexibility index (Phi) is 6.06. The smallest absolute Gasteiger partial charge is 0.273 e. The fourth-order valence-electron chi connectivity index (χ4n) is 4.11. The predicted octanol–water partition coefficient (Wildman–Crippen LogP) is 2.04. The SMILES string of the molecule is NC(=O)c1nnc(N2CCCCC2)nc1Nc1ccc(C2CCN(C=O)CC2)cc1. The number of carbonyl (C=O) groups excluding carboxylic acids is 2. The number of primary amides is 1. The predicted molar refractivity (Wildman–Crippen MR) is 114 cm³/mol. The van der Waals surface area contributed by atoms with E-state index in [0.29, 0.717) is 17.7 Å². The molecular formula is C21H27N7O2. The summed E-state index contributed by atoms with van der Waals surface area (Å²) in [7, 11) is 0. The first-order chi connectivity index (χ1) is 14.6. The zero-order valence-electron chi connectivity index (χ0n) is 17.0. The molecule has 1 aromatic heterocycles. The van der Waals surface area contributed by atoms with Crippen LogP contribution < -0.4 is 16.0 Å². The van der Waals surface area contributed by atoms with E-state index < -0.39 is 5.91 Å². The molecular weight excluding hydrogens is 382 g/mol. The molecule has 0 bridgehead atoms. The molecule has 2 amide bonds. The highest BCUT2D eigenvalue weighted by molar-refractivity contribution is 5.96. The van der Waals surface area contributed by atoms with E-state index in [2.05, 4.69) is 37.5 Å². The number of hydrogen-bond acceptors (Lipinski definition) is 7. The first-order valence-corrected chi connectivity index (χ1v) is 10.5. The maximum Gasteiger partial charge on any atom is 0.273 e. The second-order valence-corrected chi connectivity index (χ2v) is 7.88. The normalized spacial score (nSPS) is 17.6. The molecule has 0 unspecified atom stereocenters. The van der Waals surface area contributed by atoms with Crippen molar-refractivity contribution in [2.75, 3.05) is 36.4 Å². The van der Waals surface area contributed by atoms with Crippen LogP contribution in [-0.2, 0) is 4.79 Å². The molecule has 0 saturated carbocycles. The lowest BCUT2D eigenvalue weighted by Crippen LogP contribution is -2.32. The van der Waals surface area contributed by atoms with Crippen LogP contribution in [0.4, 0.5) is 17.5 Å². The van der Waals surface area contributed by atoms with Gasteiger partial charge in [0.05, 0.1) is 0 Å². The molecule has 0 aliphatic carbocycles. The molecule has 2 saturated heterocycles. The van der Waals surface area contributed by atoms with Crippen molar-refractivity contribution < 1.29 is 9.59 Å². The third-order valence-corrected chi connectivity index (χ3v) is 5.87. The van der Waals surface area contributed by atoms with Gasteiger partial charge in [-0.25, -0.2) is 0 Å². The van der Waals surface area contributed by atoms with Crippen molar-refractivity contribution in [3.05, 3.63) is 35.5 Å². The molecule has 30 heavy (non-hydrogen) atoms. The Balaban J connectivity index is 1.50. The Morgan fingerprint density at radius 1 is 1.03 bits per heavy atom. The summed E-state index contributed by atoms with van der Waals surface area (Å²) in [6, 6.07) is 8.09. The molecule has 0 spiro atoms. The van der Waals surface area contributed by atoms with Crippen LogP contribution in [0, 0.1) is 0 Å². The van der Waals surface area contributed by atoms with Crippen LogP contribution >= 0.6 is 0 Å². The number of aromatic nitrogens is 3. The minimum Gasteiger partial charge on any atom is -0.364 e. The average molecular weight is 409 g/mol. The fourth-order valence-corrected chi connectivity index (χ4v) is 4.11. The minimum absolute atomic E-state index is 0.0288. The van der Waals surface area contributed by atoms with Gasteiger partial charge in [-0.05, 0) is 55.7 Å². The van der Waals surface area contributed by atoms with Gasteiger partial charge in [0.25, 0.3) is 5.91 Å². The molecule has 3 N–H and O–H groups in total. The number of rotatable bonds is 6. The molecule has 2 aliphatic rings. The van der Waals surface area contributed by atoms with Crippen LogP contribution in [0.3, 0.4) is 0 Å². The lowest BCUT2D eigenvalue weighted by molar-refractivity contribution is -0.119. The van der Waals surface area contributed by atoms with Gasteiger partial charge in [0, 0.05) is 31.9 Å². The number of piperidine rings is 2. The third-order valence-electron chi connectivity index (χ3n) is 5.87. The number of carbonyl (C=O) groups is 2. The van der Waals surface area contributed by atoms with Gasteiger partial charge in [0.1, 0.15) is 0 Å². The highest BCUT2D eigenvalue weighted by atomic mass is 16.1. The minimum atomic E-state index is -0.666. The number of nitrogens with zero attached hydrogens (tertiary/aromatic N) is 5. The lowest BCUT2D eigenvalue weighted by atomic mass is 9.89. The van der Waals surface area contributed by atoms with Gasteiger partial charge in [0.2, 0.25) is 12.4 Å². The van der Waals surface area contributed by atoms with Crippen LogP contribution in [0.5, 0.6) is 0 Å². The van der Waals surface area contributed by atoms with Crippen LogP contribution in [-0.4, -0.2) is 58.6 Å². The van der Waals surface area contributed by atoms with Crippen LogP contribution in [0.1, 0.15) is 54.1 Å². The van der Waals surface area contributed by atoms with Gasteiger partial charge >= 0.3 is 0 Å². The van der Waals surface area contributed by atoms with Crippen molar-refractivity contribution in [2.24, 2.45) is 5.73 Å². The molecule has 9 nitrogen and oxygen atoms in total. The third kappa shape index (κ3) is 4.50. The Morgan fingerprint density at radius 2 is 1.73 bits per heavy atom. The molecule has 2 aromatic rings. The maximum atomic E-state index is 11.8. The van der Waals surface area contributed by atoms with Gasteiger partial charge in [-0.15, -0.1) is 10.2 Å². The topological polar surface area (TPSA) is 117 Å². The average Bonchev–Trinajstić information content (AvgIpc) is 2.80. The van der Waals surface area contributed by atoms with E-state index >= 15 is 0 Å². The van der Waals surface area contributed by atoms with E-state index in [9.17, 15) is 9.59 Å². The molecule has 2 fully saturated rings. The highest BCUT2D eigenvalue weighted by Gasteiger charge is 2.21. The number of benzene rings is 1. The van der Waals surface area contributed by atoms with E-state index in [1.165, 1.54) is 12.0 Å². The number of nitrogens with two attached hydrogens (primary N) is 1. The fraction of sp³-hybridized carbons (Fsp3) is 0.476. The first-order valence-electron chi connectivity index (χ1n) is 10.5. The second-order valence-electron chi connectivity index (χ2n) is 7.88. The number of hydrogen-bond donors (Lipinski definition) is 2. The summed E-state index contributed by atoms with van der Waals surface area (Å²) in [6.07, 6.45) is 6.25. The number of anilines is 3. The molecule has 0 radical (unpaired) electrons. The Hall–Kier alpha value is -3.23. The monoisotopic (exact) mass is 409 g/mol. The highest BCUT2D eigenvalue weighted by Crippen LogP contribution is 2.29. The van der Waals surface area contributed by atoms with Gasteiger partial charge in [-0.2, -0.15) is 4.98 Å². The Bertz CT molecular complexity index is 889. The zero-order valence-corrected chi connectivity index (χ0v) is 17.0. The van der Waals surface area contributed by atoms with Gasteiger partial charge < -0.3 is 20.9 Å². The summed E-state index contributed by atoms with van der Waals surface area (Å²) in [6.45, 7) is 3.35. The standard InChI is InChI=1S/C21H27N7O2/c22-19(30)18-20(24-21(26-25-18)28-10-2-1-3-11-28)23-17-6-4-15(5-7-17)16-8-12-27(14-29)13-9-16/h4-7,14,16H,1-3,8-13H2,(H2,22,30)(H,23,24,26). The zero-order chi connectivity index (χ0) is 20.9. The van der Waals surface area contributed by atoms with E-state index in [0.717, 1.165) is 64.0 Å². The maximum absolute atomic E-state index is 11.8. The van der Waals surface area contributed by atoms with Crippen molar-refractivity contribution in [1.29, 1.82) is 0 Å². The molecule has 2 aliphatic heterocycles.